The lowest BCUT2D eigenvalue weighted by Crippen LogP contribution is -2.40. The number of aromatic nitrogens is 6. The second-order valence-corrected chi connectivity index (χ2v) is 11.6. The van der Waals surface area contributed by atoms with Crippen LogP contribution in [0.1, 0.15) is 60.6 Å². The predicted octanol–water partition coefficient (Wildman–Crippen LogP) is 6.07. The Morgan fingerprint density at radius 2 is 1.71 bits per heavy atom. The van der Waals surface area contributed by atoms with Crippen LogP contribution in [0.25, 0.3) is 28.3 Å². The van der Waals surface area contributed by atoms with Crippen molar-refractivity contribution in [2.45, 2.75) is 57.1 Å². The van der Waals surface area contributed by atoms with Crippen molar-refractivity contribution in [1.29, 1.82) is 0 Å². The number of Topliss-reactive ketones (excluding diaryl/α,β-unsaturated/α-hetero) is 1. The summed E-state index contributed by atoms with van der Waals surface area (Å²) in [6.45, 7) is 1.12. The van der Waals surface area contributed by atoms with Gasteiger partial charge < -0.3 is 14.2 Å². The van der Waals surface area contributed by atoms with Crippen molar-refractivity contribution in [1.82, 2.24) is 34.0 Å². The summed E-state index contributed by atoms with van der Waals surface area (Å²) in [5, 5.41) is 4.85. The van der Waals surface area contributed by atoms with Gasteiger partial charge in [0, 0.05) is 42.5 Å². The van der Waals surface area contributed by atoms with E-state index in [0.29, 0.717) is 48.7 Å². The lowest BCUT2D eigenvalue weighted by Gasteiger charge is -2.33. The molecule has 4 aromatic heterocycles. The van der Waals surface area contributed by atoms with E-state index < -0.39 is 5.95 Å². The van der Waals surface area contributed by atoms with Gasteiger partial charge in [0.15, 0.2) is 11.4 Å². The Hall–Kier alpha value is -5.00. The number of ketones is 1. The van der Waals surface area contributed by atoms with Crippen LogP contribution >= 0.6 is 0 Å². The molecular weight excluding hydrogens is 580 g/mol. The van der Waals surface area contributed by atoms with E-state index in [2.05, 4.69) is 14.5 Å². The summed E-state index contributed by atoms with van der Waals surface area (Å²) in [6, 6.07) is 12.5. The van der Waals surface area contributed by atoms with Crippen LogP contribution in [0.15, 0.2) is 67.3 Å². The molecule has 0 atom stereocenters. The fraction of sp³-hybridized carbons (Fsp3) is 0.333. The number of nitrogens with zero attached hydrogens (tertiary/aromatic N) is 7. The summed E-state index contributed by atoms with van der Waals surface area (Å²) < 4.78 is 36.8. The van der Waals surface area contributed by atoms with Gasteiger partial charge in [-0.1, -0.05) is 0 Å². The minimum Gasteiger partial charge on any atom is -0.446 e. The van der Waals surface area contributed by atoms with Crippen LogP contribution in [0.5, 0.6) is 0 Å². The Balaban J connectivity index is 1.17. The number of ether oxygens (including phenoxy) is 1. The van der Waals surface area contributed by atoms with E-state index in [-0.39, 0.29) is 41.8 Å². The average Bonchev–Trinajstić information content (AvgIpc) is 3.81. The Morgan fingerprint density at radius 3 is 2.47 bits per heavy atom. The third-order valence-electron chi connectivity index (χ3n) is 8.60. The number of halogens is 2. The van der Waals surface area contributed by atoms with Gasteiger partial charge in [-0.15, -0.1) is 0 Å². The summed E-state index contributed by atoms with van der Waals surface area (Å²) in [7, 11) is 0. The second-order valence-electron chi connectivity index (χ2n) is 11.6. The van der Waals surface area contributed by atoms with E-state index in [4.69, 9.17) is 14.8 Å². The first-order valence-electron chi connectivity index (χ1n) is 15.2. The van der Waals surface area contributed by atoms with Gasteiger partial charge in [0.25, 0.3) is 0 Å². The van der Waals surface area contributed by atoms with Gasteiger partial charge in [-0.05, 0) is 81.0 Å². The monoisotopic (exact) mass is 611 g/mol. The molecule has 7 rings (SSSR count). The molecule has 1 saturated heterocycles. The minimum absolute atomic E-state index is 0.0233. The number of hydrogen-bond acceptors (Lipinski definition) is 7. The molecule has 5 aromatic rings. The van der Waals surface area contributed by atoms with Gasteiger partial charge in [-0.25, -0.2) is 28.7 Å². The summed E-state index contributed by atoms with van der Waals surface area (Å²) >= 11 is 0. The molecule has 1 aliphatic heterocycles. The number of carbonyl (C=O) groups is 2. The number of imidazole rings is 2. The molecule has 230 valence electrons. The van der Waals surface area contributed by atoms with Crippen molar-refractivity contribution < 1.29 is 23.1 Å². The number of carbonyl (C=O) groups excluding carboxylic acids is 2. The first kappa shape index (κ1) is 28.8. The topological polar surface area (TPSA) is 108 Å². The SMILES string of the molecule is O=C(Cc1cn2nc(-c3c(-c4ccc(F)cc4)ncn3C3CCN(C(=O)OC4CCCC4)CC3)ccc2n1)c1ccnc(F)c1. The van der Waals surface area contributed by atoms with Crippen molar-refractivity contribution in [3.63, 3.8) is 0 Å². The third kappa shape index (κ3) is 6.04. The Kier molecular flexibility index (Phi) is 7.78. The summed E-state index contributed by atoms with van der Waals surface area (Å²) in [5.41, 5.74) is 4.03. The first-order valence-corrected chi connectivity index (χ1v) is 15.2. The van der Waals surface area contributed by atoms with Gasteiger partial charge in [0.2, 0.25) is 5.95 Å². The number of hydrogen-bond donors (Lipinski definition) is 0. The fourth-order valence-corrected chi connectivity index (χ4v) is 6.25. The Labute approximate surface area is 257 Å². The molecule has 1 amide bonds. The molecule has 12 heteroatoms. The van der Waals surface area contributed by atoms with Gasteiger partial charge in [-0.2, -0.15) is 9.49 Å². The maximum absolute atomic E-state index is 13.8. The number of rotatable bonds is 7. The first-order chi connectivity index (χ1) is 21.9. The van der Waals surface area contributed by atoms with Crippen LogP contribution in [0, 0.1) is 11.8 Å². The summed E-state index contributed by atoms with van der Waals surface area (Å²) in [5.74, 6) is -1.34. The smallest absolute Gasteiger partial charge is 0.410 e. The summed E-state index contributed by atoms with van der Waals surface area (Å²) in [6.07, 6.45) is 9.97. The van der Waals surface area contributed by atoms with Crippen LogP contribution in [-0.2, 0) is 11.2 Å². The second kappa shape index (κ2) is 12.2. The highest BCUT2D eigenvalue weighted by molar-refractivity contribution is 5.97. The van der Waals surface area contributed by atoms with Gasteiger partial charge in [-0.3, -0.25) is 4.79 Å². The van der Waals surface area contributed by atoms with Crippen molar-refractivity contribution in [2.75, 3.05) is 13.1 Å². The summed E-state index contributed by atoms with van der Waals surface area (Å²) in [4.78, 5) is 40.1. The Morgan fingerprint density at radius 1 is 0.933 bits per heavy atom. The molecule has 2 fully saturated rings. The standard InChI is InChI=1S/C33H31F2N7O3/c34-23-7-5-21(6-8-23)31-32(41(20-37-31)25-12-15-40(16-13-25)33(44)45-26-3-1-2-4-26)27-9-10-30-38-24(19-42(30)39-27)18-28(43)22-11-14-36-29(35)17-22/h5-11,14,17,19-20,25-26H,1-4,12-13,15-16,18H2. The highest BCUT2D eigenvalue weighted by Crippen LogP contribution is 2.36. The van der Waals surface area contributed by atoms with E-state index in [0.717, 1.165) is 43.0 Å². The molecule has 0 bridgehead atoms. The van der Waals surface area contributed by atoms with E-state index in [1.165, 1.54) is 24.4 Å². The maximum atomic E-state index is 13.8. The van der Waals surface area contributed by atoms with Crippen LogP contribution in [0.3, 0.4) is 0 Å². The molecule has 1 aromatic carbocycles. The quantitative estimate of drug-likeness (QED) is 0.162. The molecular formula is C33H31F2N7O3. The van der Waals surface area contributed by atoms with E-state index in [1.54, 1.807) is 34.1 Å². The highest BCUT2D eigenvalue weighted by Gasteiger charge is 2.30. The Bertz CT molecular complexity index is 1860. The molecule has 45 heavy (non-hydrogen) atoms. The molecule has 1 saturated carbocycles. The number of benzene rings is 1. The van der Waals surface area contributed by atoms with Gasteiger partial charge >= 0.3 is 6.09 Å². The third-order valence-corrected chi connectivity index (χ3v) is 8.60. The van der Waals surface area contributed by atoms with E-state index in [1.807, 2.05) is 12.1 Å². The fourth-order valence-electron chi connectivity index (χ4n) is 6.25. The van der Waals surface area contributed by atoms with Crippen LogP contribution in [0.2, 0.25) is 0 Å². The van der Waals surface area contributed by atoms with E-state index >= 15 is 0 Å². The molecule has 0 radical (unpaired) electrons. The molecule has 10 nitrogen and oxygen atoms in total. The molecule has 2 aliphatic rings. The van der Waals surface area contributed by atoms with Gasteiger partial charge in [0.1, 0.15) is 17.6 Å². The van der Waals surface area contributed by atoms with Gasteiger partial charge in [0.05, 0.1) is 36.0 Å². The number of amides is 1. The largest absolute Gasteiger partial charge is 0.446 e. The predicted molar refractivity (Wildman–Crippen MR) is 160 cm³/mol. The van der Waals surface area contributed by atoms with Crippen LogP contribution < -0.4 is 0 Å². The zero-order chi connectivity index (χ0) is 30.9. The van der Waals surface area contributed by atoms with Crippen molar-refractivity contribution >= 4 is 17.5 Å². The van der Waals surface area contributed by atoms with Crippen molar-refractivity contribution in [2.24, 2.45) is 0 Å². The highest BCUT2D eigenvalue weighted by atomic mass is 19.1. The zero-order valence-electron chi connectivity index (χ0n) is 24.5. The molecule has 0 spiro atoms. The van der Waals surface area contributed by atoms with Crippen LogP contribution in [0.4, 0.5) is 13.6 Å². The molecule has 5 heterocycles. The lowest BCUT2D eigenvalue weighted by atomic mass is 10.0. The zero-order valence-corrected chi connectivity index (χ0v) is 24.5. The molecule has 1 aliphatic carbocycles. The average molecular weight is 612 g/mol. The number of fused-ring (bicyclic) bond motifs is 1. The molecule has 0 N–H and O–H groups in total. The lowest BCUT2D eigenvalue weighted by molar-refractivity contribution is 0.0559. The number of likely N-dealkylation sites (tertiary alicyclic amines) is 1. The van der Waals surface area contributed by atoms with Crippen molar-refractivity contribution in [3.05, 3.63) is 90.3 Å². The van der Waals surface area contributed by atoms with Crippen LogP contribution in [-0.4, -0.2) is 65.1 Å². The van der Waals surface area contributed by atoms with E-state index in [9.17, 15) is 18.4 Å². The minimum atomic E-state index is -0.717. The molecule has 0 unspecified atom stereocenters. The number of pyridine rings is 1. The maximum Gasteiger partial charge on any atom is 0.410 e. The number of piperidine rings is 1. The normalized spacial score (nSPS) is 16.0. The van der Waals surface area contributed by atoms with Crippen molar-refractivity contribution in [3.8, 4) is 22.6 Å².